The van der Waals surface area contributed by atoms with Crippen LogP contribution in [0.15, 0.2) is 58.4 Å². The summed E-state index contributed by atoms with van der Waals surface area (Å²) >= 11 is 6.62. The van der Waals surface area contributed by atoms with E-state index in [1.165, 1.54) is 17.3 Å². The molecule has 4 heterocycles. The van der Waals surface area contributed by atoms with Gasteiger partial charge < -0.3 is 4.90 Å². The fraction of sp³-hybridized carbons (Fsp3) is 0.308. The third-order valence-electron chi connectivity index (χ3n) is 6.37. The summed E-state index contributed by atoms with van der Waals surface area (Å²) in [6, 6.07) is 14.3. The monoisotopic (exact) mass is 505 g/mol. The molecule has 2 saturated heterocycles. The molecule has 180 valence electrons. The van der Waals surface area contributed by atoms with Crippen molar-refractivity contribution >= 4 is 51.7 Å². The van der Waals surface area contributed by atoms with E-state index in [-0.39, 0.29) is 11.5 Å². The number of carbonyl (C=O) groups is 1. The Morgan fingerprint density at radius 3 is 2.49 bits per heavy atom. The van der Waals surface area contributed by atoms with Gasteiger partial charge in [0.25, 0.3) is 11.5 Å². The van der Waals surface area contributed by atoms with Crippen LogP contribution in [0.5, 0.6) is 0 Å². The summed E-state index contributed by atoms with van der Waals surface area (Å²) in [4.78, 5) is 38.0. The minimum absolute atomic E-state index is 0.158. The van der Waals surface area contributed by atoms with Gasteiger partial charge in [-0.1, -0.05) is 60.4 Å². The Bertz CT molecular complexity index is 1380. The summed E-state index contributed by atoms with van der Waals surface area (Å²) in [6.07, 6.45) is 3.48. The molecule has 2 aliphatic rings. The Morgan fingerprint density at radius 2 is 1.80 bits per heavy atom. The number of nitrogens with zero attached hydrogens (tertiary/aromatic N) is 5. The van der Waals surface area contributed by atoms with E-state index in [1.807, 2.05) is 32.0 Å². The van der Waals surface area contributed by atoms with E-state index in [2.05, 4.69) is 34.1 Å². The number of hydrogen-bond acceptors (Lipinski definition) is 7. The average Bonchev–Trinajstić information content (AvgIpc) is 3.14. The quantitative estimate of drug-likeness (QED) is 0.388. The Kier molecular flexibility index (Phi) is 6.73. The van der Waals surface area contributed by atoms with Crippen LogP contribution in [0.4, 0.5) is 5.82 Å². The predicted octanol–water partition coefficient (Wildman–Crippen LogP) is 3.55. The van der Waals surface area contributed by atoms with Gasteiger partial charge in [-0.3, -0.25) is 23.8 Å². The lowest BCUT2D eigenvalue weighted by Crippen LogP contribution is -2.47. The summed E-state index contributed by atoms with van der Waals surface area (Å²) in [7, 11) is 0. The third kappa shape index (κ3) is 4.76. The van der Waals surface area contributed by atoms with Crippen LogP contribution in [0, 0.1) is 6.92 Å². The van der Waals surface area contributed by atoms with Crippen molar-refractivity contribution < 1.29 is 4.79 Å². The Hall–Kier alpha value is -3.01. The molecular weight excluding hydrogens is 478 g/mol. The maximum absolute atomic E-state index is 13.7. The molecule has 0 saturated carbocycles. The Morgan fingerprint density at radius 1 is 1.06 bits per heavy atom. The van der Waals surface area contributed by atoms with Crippen LogP contribution < -0.4 is 10.5 Å². The molecule has 1 aromatic carbocycles. The summed E-state index contributed by atoms with van der Waals surface area (Å²) in [5.74, 6) is 0.467. The molecular formula is C26H27N5O2S2. The van der Waals surface area contributed by atoms with Gasteiger partial charge >= 0.3 is 0 Å². The van der Waals surface area contributed by atoms with Crippen LogP contribution in [-0.4, -0.2) is 62.1 Å². The van der Waals surface area contributed by atoms with Crippen molar-refractivity contribution in [3.8, 4) is 0 Å². The van der Waals surface area contributed by atoms with E-state index in [0.717, 1.165) is 38.3 Å². The maximum Gasteiger partial charge on any atom is 0.267 e. The van der Waals surface area contributed by atoms with Gasteiger partial charge in [0, 0.05) is 45.5 Å². The first-order valence-electron chi connectivity index (χ1n) is 11.7. The number of rotatable bonds is 5. The molecule has 2 aromatic heterocycles. The van der Waals surface area contributed by atoms with Crippen molar-refractivity contribution in [3.63, 3.8) is 0 Å². The zero-order valence-corrected chi connectivity index (χ0v) is 21.4. The largest absolute Gasteiger partial charge is 0.353 e. The maximum atomic E-state index is 13.7. The van der Waals surface area contributed by atoms with Crippen LogP contribution in [0.2, 0.25) is 0 Å². The first kappa shape index (κ1) is 23.7. The smallest absolute Gasteiger partial charge is 0.267 e. The number of piperazine rings is 1. The van der Waals surface area contributed by atoms with Crippen molar-refractivity contribution in [1.29, 1.82) is 0 Å². The van der Waals surface area contributed by atoms with Crippen LogP contribution in [0.1, 0.15) is 23.6 Å². The number of carbonyl (C=O) groups excluding carboxylic acids is 1. The van der Waals surface area contributed by atoms with Gasteiger partial charge in [0.15, 0.2) is 0 Å². The molecule has 0 spiro atoms. The fourth-order valence-electron chi connectivity index (χ4n) is 4.48. The number of pyridine rings is 1. The van der Waals surface area contributed by atoms with Gasteiger partial charge in [-0.15, -0.1) is 0 Å². The lowest BCUT2D eigenvalue weighted by molar-refractivity contribution is -0.121. The minimum atomic E-state index is -0.179. The molecule has 2 aliphatic heterocycles. The number of fused-ring (bicyclic) bond motifs is 1. The minimum Gasteiger partial charge on any atom is -0.353 e. The molecule has 5 rings (SSSR count). The molecule has 0 unspecified atom stereocenters. The molecule has 3 aromatic rings. The summed E-state index contributed by atoms with van der Waals surface area (Å²) in [6.45, 7) is 8.46. The number of likely N-dealkylation sites (N-methyl/N-ethyl adjacent to an activating group) is 1. The highest BCUT2D eigenvalue weighted by Crippen LogP contribution is 2.33. The lowest BCUT2D eigenvalue weighted by Gasteiger charge is -2.36. The van der Waals surface area contributed by atoms with Crippen molar-refractivity contribution in [1.82, 2.24) is 19.2 Å². The first-order valence-corrected chi connectivity index (χ1v) is 13.0. The Labute approximate surface area is 214 Å². The van der Waals surface area contributed by atoms with Crippen LogP contribution in [0.25, 0.3) is 11.7 Å². The van der Waals surface area contributed by atoms with E-state index in [4.69, 9.17) is 17.2 Å². The second kappa shape index (κ2) is 9.93. The van der Waals surface area contributed by atoms with Crippen LogP contribution in [0.3, 0.4) is 0 Å². The zero-order chi connectivity index (χ0) is 24.5. The van der Waals surface area contributed by atoms with Gasteiger partial charge in [-0.2, -0.15) is 0 Å². The molecule has 1 amide bonds. The number of anilines is 1. The van der Waals surface area contributed by atoms with Gasteiger partial charge in [0.05, 0.1) is 10.5 Å². The van der Waals surface area contributed by atoms with E-state index in [0.29, 0.717) is 32.8 Å². The summed E-state index contributed by atoms with van der Waals surface area (Å²) < 4.78 is 2.08. The summed E-state index contributed by atoms with van der Waals surface area (Å²) in [5.41, 5.74) is 3.10. The zero-order valence-electron chi connectivity index (χ0n) is 19.8. The number of amides is 1. The standard InChI is InChI=1S/C26H27N5O2S2/c1-3-30-25(33)21(35-26(30)34)15-20-23(27-22-10-9-18(2)16-31(22)24(20)32)29-13-11-28(12-14-29)17-19-7-5-4-6-8-19/h4-10,15-16H,3,11-14,17H2,1-2H3/b21-15+. The molecule has 0 bridgehead atoms. The van der Waals surface area contributed by atoms with Crippen LogP contribution in [-0.2, 0) is 11.3 Å². The Balaban J connectivity index is 1.50. The first-order chi connectivity index (χ1) is 16.9. The van der Waals surface area contributed by atoms with E-state index in [9.17, 15) is 9.59 Å². The number of benzene rings is 1. The normalized spacial score (nSPS) is 18.3. The summed E-state index contributed by atoms with van der Waals surface area (Å²) in [5, 5.41) is 0. The second-order valence-corrected chi connectivity index (χ2v) is 10.4. The number of thioether (sulfide) groups is 1. The predicted molar refractivity (Wildman–Crippen MR) is 146 cm³/mol. The molecule has 0 aliphatic carbocycles. The number of aromatic nitrogens is 2. The van der Waals surface area contributed by atoms with Crippen molar-refractivity contribution in [2.24, 2.45) is 0 Å². The highest BCUT2D eigenvalue weighted by atomic mass is 32.2. The van der Waals surface area contributed by atoms with Gasteiger partial charge in [-0.05, 0) is 37.1 Å². The van der Waals surface area contributed by atoms with Crippen LogP contribution >= 0.6 is 24.0 Å². The molecule has 0 atom stereocenters. The van der Waals surface area contributed by atoms with Crippen molar-refractivity contribution in [3.05, 3.63) is 80.6 Å². The molecule has 2 fully saturated rings. The molecule has 0 radical (unpaired) electrons. The average molecular weight is 506 g/mol. The second-order valence-electron chi connectivity index (χ2n) is 8.76. The number of hydrogen-bond donors (Lipinski definition) is 0. The van der Waals surface area contributed by atoms with Crippen molar-refractivity contribution in [2.75, 3.05) is 37.6 Å². The van der Waals surface area contributed by atoms with E-state index < -0.39 is 0 Å². The number of thiocarbonyl (C=S) groups is 1. The SMILES string of the molecule is CCN1C(=O)/C(=C\c2c(N3CCN(Cc4ccccc4)CC3)nc3ccc(C)cn3c2=O)SC1=S. The van der Waals surface area contributed by atoms with Gasteiger partial charge in [0.1, 0.15) is 15.8 Å². The topological polar surface area (TPSA) is 61.2 Å². The highest BCUT2D eigenvalue weighted by Gasteiger charge is 2.32. The van der Waals surface area contributed by atoms with E-state index in [1.54, 1.807) is 21.6 Å². The van der Waals surface area contributed by atoms with Crippen molar-refractivity contribution in [2.45, 2.75) is 20.4 Å². The van der Waals surface area contributed by atoms with Gasteiger partial charge in [0.2, 0.25) is 0 Å². The third-order valence-corrected chi connectivity index (χ3v) is 7.75. The number of aryl methyl sites for hydroxylation is 1. The highest BCUT2D eigenvalue weighted by molar-refractivity contribution is 8.26. The molecule has 9 heteroatoms. The van der Waals surface area contributed by atoms with E-state index >= 15 is 0 Å². The van der Waals surface area contributed by atoms with Gasteiger partial charge in [-0.25, -0.2) is 4.98 Å². The lowest BCUT2D eigenvalue weighted by atomic mass is 10.2. The fourth-order valence-corrected chi connectivity index (χ4v) is 5.84. The molecule has 35 heavy (non-hydrogen) atoms. The molecule has 0 N–H and O–H groups in total. The molecule has 7 nitrogen and oxygen atoms in total.